The van der Waals surface area contributed by atoms with Gasteiger partial charge in [0.15, 0.2) is 16.9 Å². The molecule has 3 aromatic rings. The van der Waals surface area contributed by atoms with Crippen LogP contribution in [0.25, 0.3) is 11.0 Å². The highest BCUT2D eigenvalue weighted by molar-refractivity contribution is 5.99. The number of hydrogen-bond donors (Lipinski definition) is 0. The van der Waals surface area contributed by atoms with E-state index in [1.807, 2.05) is 42.2 Å². The maximum Gasteiger partial charge on any atom is 0.290 e. The third kappa shape index (κ3) is 7.13. The monoisotopic (exact) mass is 562 g/mol. The van der Waals surface area contributed by atoms with Crippen molar-refractivity contribution in [3.05, 3.63) is 69.6 Å². The third-order valence-corrected chi connectivity index (χ3v) is 7.74. The Labute approximate surface area is 244 Å². The molecule has 7 nitrogen and oxygen atoms in total. The number of ether oxygens (including phenoxy) is 2. The van der Waals surface area contributed by atoms with Crippen LogP contribution in [0.15, 0.2) is 51.7 Å². The van der Waals surface area contributed by atoms with Gasteiger partial charge in [-0.1, -0.05) is 58.2 Å². The van der Waals surface area contributed by atoms with Crippen molar-refractivity contribution in [2.24, 2.45) is 0 Å². The quantitative estimate of drug-likeness (QED) is 0.162. The largest absolute Gasteiger partial charge is 0.490 e. The minimum Gasteiger partial charge on any atom is -0.490 e. The predicted molar refractivity (Wildman–Crippen MR) is 164 cm³/mol. The van der Waals surface area contributed by atoms with Gasteiger partial charge in [0.05, 0.1) is 30.2 Å². The molecule has 1 aromatic heterocycles. The van der Waals surface area contributed by atoms with E-state index in [-0.39, 0.29) is 17.1 Å². The average molecular weight is 563 g/mol. The SMILES string of the molecule is CCCCOc1ccc(C2c3c(oc4ccccc4c3=O)C(=O)N2CCCN(CCCC)CCCC)cc1OCC. The van der Waals surface area contributed by atoms with Gasteiger partial charge in [0.1, 0.15) is 5.58 Å². The van der Waals surface area contributed by atoms with E-state index in [9.17, 15) is 9.59 Å². The Morgan fingerprint density at radius 2 is 1.54 bits per heavy atom. The first-order chi connectivity index (χ1) is 20.0. The van der Waals surface area contributed by atoms with Gasteiger partial charge in [-0.2, -0.15) is 0 Å². The number of para-hydroxylation sites is 1. The fourth-order valence-corrected chi connectivity index (χ4v) is 5.52. The molecule has 0 radical (unpaired) electrons. The number of benzene rings is 2. The molecule has 0 saturated carbocycles. The summed E-state index contributed by atoms with van der Waals surface area (Å²) in [6, 6.07) is 12.4. The standard InChI is InChI=1S/C34H46N2O5/c1-5-9-19-35(20-10-6-2)21-14-22-36-31(25-17-18-28(40-23-11-7-3)29(24-25)39-8-4)30-32(37)26-15-12-13-16-27(26)41-33(30)34(36)38/h12-13,15-18,24,31H,5-11,14,19-23H2,1-4H3. The van der Waals surface area contributed by atoms with Crippen LogP contribution in [0.5, 0.6) is 11.5 Å². The van der Waals surface area contributed by atoms with Crippen LogP contribution in [0.1, 0.15) is 100 Å². The van der Waals surface area contributed by atoms with Crippen molar-refractivity contribution in [3.63, 3.8) is 0 Å². The molecule has 0 aliphatic carbocycles. The van der Waals surface area contributed by atoms with Crippen molar-refractivity contribution in [1.29, 1.82) is 0 Å². The van der Waals surface area contributed by atoms with E-state index in [2.05, 4.69) is 25.7 Å². The molecule has 0 saturated heterocycles. The molecule has 1 amide bonds. The second kappa shape index (κ2) is 15.1. The Hall–Kier alpha value is -3.32. The molecule has 0 fully saturated rings. The van der Waals surface area contributed by atoms with Crippen molar-refractivity contribution in [2.75, 3.05) is 39.4 Å². The first-order valence-electron chi connectivity index (χ1n) is 15.5. The van der Waals surface area contributed by atoms with E-state index in [0.717, 1.165) is 70.1 Å². The topological polar surface area (TPSA) is 72.2 Å². The Morgan fingerprint density at radius 3 is 2.24 bits per heavy atom. The number of carbonyl (C=O) groups is 1. The van der Waals surface area contributed by atoms with Crippen molar-refractivity contribution >= 4 is 16.9 Å². The zero-order valence-corrected chi connectivity index (χ0v) is 25.2. The highest BCUT2D eigenvalue weighted by atomic mass is 16.5. The first-order valence-corrected chi connectivity index (χ1v) is 15.5. The summed E-state index contributed by atoms with van der Waals surface area (Å²) in [6.45, 7) is 13.1. The lowest BCUT2D eigenvalue weighted by molar-refractivity contribution is 0.0718. The smallest absolute Gasteiger partial charge is 0.290 e. The van der Waals surface area contributed by atoms with Crippen LogP contribution in [0.2, 0.25) is 0 Å². The lowest BCUT2D eigenvalue weighted by Gasteiger charge is -2.28. The number of fused-ring (bicyclic) bond motifs is 2. The summed E-state index contributed by atoms with van der Waals surface area (Å²) in [4.78, 5) is 32.1. The molecule has 2 aromatic carbocycles. The predicted octanol–water partition coefficient (Wildman–Crippen LogP) is 7.21. The summed E-state index contributed by atoms with van der Waals surface area (Å²) < 4.78 is 18.1. The average Bonchev–Trinajstić information content (AvgIpc) is 3.26. The van der Waals surface area contributed by atoms with E-state index in [1.54, 1.807) is 12.1 Å². The molecule has 0 spiro atoms. The number of unbranched alkanes of at least 4 members (excludes halogenated alkanes) is 3. The van der Waals surface area contributed by atoms with Gasteiger partial charge >= 0.3 is 0 Å². The van der Waals surface area contributed by atoms with Gasteiger partial charge in [0.2, 0.25) is 5.76 Å². The maximum atomic E-state index is 13.9. The zero-order valence-electron chi connectivity index (χ0n) is 25.2. The van der Waals surface area contributed by atoms with Crippen LogP contribution in [-0.2, 0) is 0 Å². The zero-order chi connectivity index (χ0) is 29.2. The minimum atomic E-state index is -0.554. The molecule has 7 heteroatoms. The molecule has 222 valence electrons. The van der Waals surface area contributed by atoms with Crippen molar-refractivity contribution in [2.45, 2.75) is 78.7 Å². The fourth-order valence-electron chi connectivity index (χ4n) is 5.52. The lowest BCUT2D eigenvalue weighted by Crippen LogP contribution is -2.34. The number of hydrogen-bond acceptors (Lipinski definition) is 6. The van der Waals surface area contributed by atoms with Gasteiger partial charge in [0, 0.05) is 6.54 Å². The normalized spacial score (nSPS) is 14.7. The molecule has 0 N–H and O–H groups in total. The Bertz CT molecular complexity index is 1340. The van der Waals surface area contributed by atoms with Gasteiger partial charge < -0.3 is 23.7 Å². The Balaban J connectivity index is 1.70. The highest BCUT2D eigenvalue weighted by Crippen LogP contribution is 2.41. The molecule has 4 rings (SSSR count). The molecule has 41 heavy (non-hydrogen) atoms. The van der Waals surface area contributed by atoms with Crippen LogP contribution in [0.4, 0.5) is 0 Å². The summed E-state index contributed by atoms with van der Waals surface area (Å²) in [5.74, 6) is 1.21. The number of amides is 1. The van der Waals surface area contributed by atoms with E-state index in [0.29, 0.717) is 47.8 Å². The van der Waals surface area contributed by atoms with Gasteiger partial charge in [-0.3, -0.25) is 9.59 Å². The summed E-state index contributed by atoms with van der Waals surface area (Å²) in [5.41, 5.74) is 1.51. The van der Waals surface area contributed by atoms with E-state index < -0.39 is 6.04 Å². The second-order valence-corrected chi connectivity index (χ2v) is 10.8. The van der Waals surface area contributed by atoms with Crippen LogP contribution < -0.4 is 14.9 Å². The number of nitrogens with zero attached hydrogens (tertiary/aromatic N) is 2. The van der Waals surface area contributed by atoms with Gasteiger partial charge in [-0.05, 0) is 82.1 Å². The van der Waals surface area contributed by atoms with Crippen molar-refractivity contribution in [3.8, 4) is 11.5 Å². The molecular formula is C34H46N2O5. The van der Waals surface area contributed by atoms with E-state index >= 15 is 0 Å². The first kappa shape index (κ1) is 30.6. The van der Waals surface area contributed by atoms with Crippen LogP contribution >= 0.6 is 0 Å². The molecule has 1 aliphatic heterocycles. The molecule has 0 bridgehead atoms. The highest BCUT2D eigenvalue weighted by Gasteiger charge is 2.42. The second-order valence-electron chi connectivity index (χ2n) is 10.8. The van der Waals surface area contributed by atoms with Crippen molar-refractivity contribution < 1.29 is 18.7 Å². The molecule has 2 heterocycles. The van der Waals surface area contributed by atoms with Gasteiger partial charge in [-0.15, -0.1) is 0 Å². The molecule has 1 aliphatic rings. The summed E-state index contributed by atoms with van der Waals surface area (Å²) in [7, 11) is 0. The minimum absolute atomic E-state index is 0.147. The molecular weight excluding hydrogens is 516 g/mol. The maximum absolute atomic E-state index is 13.9. The summed E-state index contributed by atoms with van der Waals surface area (Å²) in [6.07, 6.45) is 7.45. The summed E-state index contributed by atoms with van der Waals surface area (Å²) >= 11 is 0. The van der Waals surface area contributed by atoms with E-state index in [4.69, 9.17) is 13.9 Å². The molecule has 1 atom stereocenters. The fraction of sp³-hybridized carbons (Fsp3) is 0.529. The Kier molecular flexibility index (Phi) is 11.3. The molecule has 1 unspecified atom stereocenters. The van der Waals surface area contributed by atoms with Crippen LogP contribution in [0, 0.1) is 0 Å². The van der Waals surface area contributed by atoms with Gasteiger partial charge in [0.25, 0.3) is 5.91 Å². The van der Waals surface area contributed by atoms with Crippen molar-refractivity contribution in [1.82, 2.24) is 9.80 Å². The van der Waals surface area contributed by atoms with Crippen LogP contribution in [0.3, 0.4) is 0 Å². The summed E-state index contributed by atoms with van der Waals surface area (Å²) in [5, 5.41) is 0.487. The third-order valence-electron chi connectivity index (χ3n) is 7.74. The van der Waals surface area contributed by atoms with Gasteiger partial charge in [-0.25, -0.2) is 0 Å². The lowest BCUT2D eigenvalue weighted by atomic mass is 9.98. The number of carbonyl (C=O) groups excluding carboxylic acids is 1. The van der Waals surface area contributed by atoms with Crippen LogP contribution in [-0.4, -0.2) is 55.1 Å². The number of rotatable bonds is 17. The van der Waals surface area contributed by atoms with E-state index in [1.165, 1.54) is 0 Å². The Morgan fingerprint density at radius 1 is 0.829 bits per heavy atom.